The molecule has 0 amide bonds. The fourth-order valence-electron chi connectivity index (χ4n) is 0.139. The third-order valence-corrected chi connectivity index (χ3v) is 1.91. The fraction of sp³-hybridized carbons (Fsp3) is 0. The van der Waals surface area contributed by atoms with Crippen LogP contribution in [0.4, 0.5) is 0 Å². The summed E-state index contributed by atoms with van der Waals surface area (Å²) in [5.41, 5.74) is 0. The van der Waals surface area contributed by atoms with Crippen molar-refractivity contribution in [1.29, 1.82) is 0 Å². The third kappa shape index (κ3) is 44.9. The standard InChI is InChI=1S/6Ca.H4O7P2.12H/c;;;;;;1-8(2,3)7-9(4,5)6;;;;;;;;;;;;/h;;;;;;(H2,1,2,3)(H2,4,5,6);;;;;;;;;;;;/q6*+2;;12*-1. The van der Waals surface area contributed by atoms with E-state index in [-0.39, 0.29) is 244 Å². The molecule has 0 aliphatic rings. The van der Waals surface area contributed by atoms with E-state index in [0.717, 1.165) is 0 Å². The monoisotopic (exact) mass is 430 g/mol. The van der Waals surface area contributed by atoms with E-state index in [1.807, 2.05) is 0 Å². The van der Waals surface area contributed by atoms with Gasteiger partial charge >= 0.3 is 242 Å². The predicted molar refractivity (Wildman–Crippen MR) is 73.0 cm³/mol. The van der Waals surface area contributed by atoms with Gasteiger partial charge in [-0.05, 0) is 0 Å². The van der Waals surface area contributed by atoms with Gasteiger partial charge in [0.15, 0.2) is 0 Å². The summed E-state index contributed by atoms with van der Waals surface area (Å²) >= 11 is 0. The number of phosphoric acid groups is 2. The molecule has 0 fully saturated rings. The molecule has 0 unspecified atom stereocenters. The summed E-state index contributed by atoms with van der Waals surface area (Å²) in [6, 6.07) is 0. The van der Waals surface area contributed by atoms with Crippen LogP contribution in [0.1, 0.15) is 17.1 Å². The maximum atomic E-state index is 9.63. The number of hydrogen-bond acceptors (Lipinski definition) is 3. The summed E-state index contributed by atoms with van der Waals surface area (Å²) < 4.78 is 22.2. The van der Waals surface area contributed by atoms with Crippen LogP contribution in [-0.2, 0) is 13.4 Å². The molecule has 15 heavy (non-hydrogen) atoms. The van der Waals surface area contributed by atoms with Crippen LogP contribution in [0.15, 0.2) is 0 Å². The van der Waals surface area contributed by atoms with E-state index >= 15 is 0 Å². The number of hydrogen-bond donors (Lipinski definition) is 4. The van der Waals surface area contributed by atoms with Gasteiger partial charge in [0.1, 0.15) is 0 Å². The first-order valence-electron chi connectivity index (χ1n) is 1.53. The summed E-state index contributed by atoms with van der Waals surface area (Å²) in [6.45, 7) is 0. The normalized spacial score (nSPS) is 8.27. The van der Waals surface area contributed by atoms with Crippen molar-refractivity contribution < 1.29 is 50.1 Å². The van der Waals surface area contributed by atoms with Crippen molar-refractivity contribution in [3.8, 4) is 0 Å². The second kappa shape index (κ2) is 21.8. The van der Waals surface area contributed by atoms with E-state index < -0.39 is 15.6 Å². The zero-order chi connectivity index (χ0) is 7.71. The van der Waals surface area contributed by atoms with Gasteiger partial charge in [-0.1, -0.05) is 0 Å². The zero-order valence-electron chi connectivity index (χ0n) is 20.2. The largest absolute Gasteiger partial charge is 2.00 e. The minimum absolute atomic E-state index is 0. The van der Waals surface area contributed by atoms with Crippen molar-refractivity contribution in [3.05, 3.63) is 0 Å². The van der Waals surface area contributed by atoms with Crippen LogP contribution in [-0.4, -0.2) is 246 Å². The molecule has 0 aromatic heterocycles. The van der Waals surface area contributed by atoms with Gasteiger partial charge in [-0.3, -0.25) is 0 Å². The van der Waals surface area contributed by atoms with Crippen LogP contribution in [0.3, 0.4) is 0 Å². The fourth-order valence-corrected chi connectivity index (χ4v) is 1.25. The second-order valence-electron chi connectivity index (χ2n) is 1.06. The molecular formula is H16Ca6O7P2. The van der Waals surface area contributed by atoms with Crippen LogP contribution in [0, 0.1) is 0 Å². The maximum absolute atomic E-state index is 9.63. The Morgan fingerprint density at radius 1 is 0.667 bits per heavy atom. The molecule has 0 rings (SSSR count). The quantitative estimate of drug-likeness (QED) is 0.303. The second-order valence-corrected chi connectivity index (χ2v) is 3.68. The van der Waals surface area contributed by atoms with Crippen molar-refractivity contribution in [2.75, 3.05) is 0 Å². The number of rotatable bonds is 2. The third-order valence-electron chi connectivity index (χ3n) is 0.213. The minimum atomic E-state index is -5.05. The van der Waals surface area contributed by atoms with Crippen molar-refractivity contribution >= 4 is 242 Å². The average molecular weight is 431 g/mol. The van der Waals surface area contributed by atoms with Gasteiger partial charge in [-0.15, -0.1) is 0 Å². The smallest absolute Gasteiger partial charge is 1.00 e. The first-order chi connectivity index (χ1) is 3.71. The molecule has 7 nitrogen and oxygen atoms in total. The topological polar surface area (TPSA) is 124 Å². The van der Waals surface area contributed by atoms with Crippen LogP contribution in [0.25, 0.3) is 0 Å². The zero-order valence-corrected chi connectivity index (χ0v) is 23.2. The Labute approximate surface area is 284 Å². The van der Waals surface area contributed by atoms with E-state index in [4.69, 9.17) is 19.6 Å². The van der Waals surface area contributed by atoms with Crippen molar-refractivity contribution in [1.82, 2.24) is 0 Å². The molecule has 0 spiro atoms. The minimum Gasteiger partial charge on any atom is -1.00 e. The van der Waals surface area contributed by atoms with Gasteiger partial charge in [0.05, 0.1) is 0 Å². The Kier molecular flexibility index (Phi) is 63.1. The molecule has 0 aromatic carbocycles. The predicted octanol–water partition coefficient (Wildman–Crippen LogP) is -1.75. The van der Waals surface area contributed by atoms with Gasteiger partial charge in [0.25, 0.3) is 0 Å². The van der Waals surface area contributed by atoms with E-state index in [1.165, 1.54) is 0 Å². The summed E-state index contributed by atoms with van der Waals surface area (Å²) in [4.78, 5) is 31.0. The molecule has 0 saturated heterocycles. The van der Waals surface area contributed by atoms with Crippen LogP contribution in [0.5, 0.6) is 0 Å². The Morgan fingerprint density at radius 3 is 0.800 bits per heavy atom. The van der Waals surface area contributed by atoms with Crippen LogP contribution in [0.2, 0.25) is 0 Å². The van der Waals surface area contributed by atoms with E-state index in [9.17, 15) is 9.13 Å². The average Bonchev–Trinajstić information content (AvgIpc) is 1.14. The molecule has 0 heterocycles. The maximum Gasteiger partial charge on any atom is 2.00 e. The van der Waals surface area contributed by atoms with Gasteiger partial charge in [-0.2, -0.15) is 4.31 Å². The summed E-state index contributed by atoms with van der Waals surface area (Å²) in [5.74, 6) is 0. The van der Waals surface area contributed by atoms with Gasteiger partial charge in [0.2, 0.25) is 0 Å². The van der Waals surface area contributed by atoms with Crippen LogP contribution >= 0.6 is 15.6 Å². The summed E-state index contributed by atoms with van der Waals surface area (Å²) in [6.07, 6.45) is 0. The molecule has 4 N–H and O–H groups in total. The summed E-state index contributed by atoms with van der Waals surface area (Å²) in [7, 11) is -10.1. The van der Waals surface area contributed by atoms with Crippen molar-refractivity contribution in [2.45, 2.75) is 0 Å². The SMILES string of the molecule is O=P(O)(O)OP(=O)(O)O.[Ca+2].[Ca+2].[Ca+2].[Ca+2].[Ca+2].[Ca+2].[H-].[H-].[H-].[H-].[H-].[H-].[H-].[H-].[H-].[H-].[H-].[H-]. The van der Waals surface area contributed by atoms with Crippen molar-refractivity contribution in [3.63, 3.8) is 0 Å². The molecule has 15 heteroatoms. The van der Waals surface area contributed by atoms with Crippen molar-refractivity contribution in [2.24, 2.45) is 0 Å². The molecule has 0 saturated carbocycles. The summed E-state index contributed by atoms with van der Waals surface area (Å²) in [5, 5.41) is 0. The molecule has 0 radical (unpaired) electrons. The first kappa shape index (κ1) is 43.4. The Morgan fingerprint density at radius 2 is 0.800 bits per heavy atom. The molecule has 0 atom stereocenters. The molecule has 0 aliphatic heterocycles. The molecule has 0 bridgehead atoms. The van der Waals surface area contributed by atoms with Gasteiger partial charge < -0.3 is 36.7 Å². The molecule has 80 valence electrons. The van der Waals surface area contributed by atoms with E-state index in [1.54, 1.807) is 0 Å². The molecule has 0 aromatic rings. The van der Waals surface area contributed by atoms with Gasteiger partial charge in [-0.25, -0.2) is 9.13 Å². The molecule has 0 aliphatic carbocycles. The Balaban J connectivity index is -0.00000000209. The Hall–Kier alpha value is 7.82. The van der Waals surface area contributed by atoms with Crippen LogP contribution < -0.4 is 0 Å². The molecular weight excluding hydrogens is 414 g/mol. The Bertz CT molecular complexity index is 189. The van der Waals surface area contributed by atoms with E-state index in [2.05, 4.69) is 4.31 Å². The van der Waals surface area contributed by atoms with E-state index in [0.29, 0.717) is 0 Å². The van der Waals surface area contributed by atoms with Gasteiger partial charge in [0, 0.05) is 0 Å². The first-order valence-corrected chi connectivity index (χ1v) is 4.59.